The first kappa shape index (κ1) is 14.0. The summed E-state index contributed by atoms with van der Waals surface area (Å²) in [6.45, 7) is 6.79. The van der Waals surface area contributed by atoms with E-state index in [2.05, 4.69) is 11.9 Å². The summed E-state index contributed by atoms with van der Waals surface area (Å²) in [5.74, 6) is 0.518. The monoisotopic (exact) mass is 250 g/mol. The molecule has 0 aliphatic carbocycles. The molecular formula is C13H18N2O3. The van der Waals surface area contributed by atoms with Gasteiger partial charge < -0.3 is 10.1 Å². The van der Waals surface area contributed by atoms with Crippen molar-refractivity contribution >= 4 is 11.4 Å². The van der Waals surface area contributed by atoms with Gasteiger partial charge in [-0.2, -0.15) is 0 Å². The summed E-state index contributed by atoms with van der Waals surface area (Å²) in [6.07, 6.45) is 3.54. The average molecular weight is 250 g/mol. The summed E-state index contributed by atoms with van der Waals surface area (Å²) in [5, 5.41) is 13.8. The van der Waals surface area contributed by atoms with Gasteiger partial charge in [-0.15, -0.1) is 6.58 Å². The smallest absolute Gasteiger partial charge is 0.275 e. The Morgan fingerprint density at radius 3 is 2.89 bits per heavy atom. The average Bonchev–Trinajstić information content (AvgIpc) is 2.35. The number of rotatable bonds is 8. The molecule has 1 N–H and O–H groups in total. The van der Waals surface area contributed by atoms with E-state index in [-0.39, 0.29) is 5.69 Å². The van der Waals surface area contributed by atoms with Gasteiger partial charge in [0.2, 0.25) is 0 Å². The number of nitro benzene ring substituents is 1. The van der Waals surface area contributed by atoms with Crippen LogP contribution < -0.4 is 10.1 Å². The van der Waals surface area contributed by atoms with Crippen LogP contribution in [0.1, 0.15) is 19.8 Å². The highest BCUT2D eigenvalue weighted by molar-refractivity contribution is 5.56. The van der Waals surface area contributed by atoms with Crippen molar-refractivity contribution < 1.29 is 9.66 Å². The van der Waals surface area contributed by atoms with Gasteiger partial charge >= 0.3 is 0 Å². The van der Waals surface area contributed by atoms with Gasteiger partial charge in [0.25, 0.3) is 5.69 Å². The first-order valence-corrected chi connectivity index (χ1v) is 5.94. The van der Waals surface area contributed by atoms with E-state index in [0.29, 0.717) is 24.6 Å². The van der Waals surface area contributed by atoms with Crippen LogP contribution in [0.25, 0.3) is 0 Å². The van der Waals surface area contributed by atoms with Crippen LogP contribution in [0.15, 0.2) is 30.9 Å². The third kappa shape index (κ3) is 4.45. The molecule has 5 heteroatoms. The SMILES string of the molecule is C=CCCCOc1cc(NCC)cc([N+](=O)[O-])c1. The molecule has 1 rings (SSSR count). The third-order valence-corrected chi connectivity index (χ3v) is 2.30. The zero-order valence-corrected chi connectivity index (χ0v) is 10.5. The number of nitro groups is 1. The van der Waals surface area contributed by atoms with Crippen LogP contribution in [0, 0.1) is 10.1 Å². The summed E-state index contributed by atoms with van der Waals surface area (Å²) in [5.41, 5.74) is 0.734. The maximum atomic E-state index is 10.8. The van der Waals surface area contributed by atoms with E-state index >= 15 is 0 Å². The van der Waals surface area contributed by atoms with Gasteiger partial charge in [-0.3, -0.25) is 10.1 Å². The van der Waals surface area contributed by atoms with E-state index in [1.54, 1.807) is 6.07 Å². The summed E-state index contributed by atoms with van der Waals surface area (Å²) in [7, 11) is 0. The van der Waals surface area contributed by atoms with Crippen LogP contribution in [-0.4, -0.2) is 18.1 Å². The van der Waals surface area contributed by atoms with Gasteiger partial charge in [0, 0.05) is 24.4 Å². The number of anilines is 1. The van der Waals surface area contributed by atoms with Crippen molar-refractivity contribution in [3.8, 4) is 5.75 Å². The van der Waals surface area contributed by atoms with E-state index in [1.165, 1.54) is 12.1 Å². The summed E-state index contributed by atoms with van der Waals surface area (Å²) in [4.78, 5) is 10.4. The fourth-order valence-corrected chi connectivity index (χ4v) is 1.50. The second-order valence-corrected chi connectivity index (χ2v) is 3.78. The van der Waals surface area contributed by atoms with Crippen molar-refractivity contribution in [2.24, 2.45) is 0 Å². The van der Waals surface area contributed by atoms with Crippen LogP contribution in [0.4, 0.5) is 11.4 Å². The van der Waals surface area contributed by atoms with Gasteiger partial charge in [-0.25, -0.2) is 0 Å². The maximum Gasteiger partial charge on any atom is 0.275 e. The van der Waals surface area contributed by atoms with Crippen LogP contribution in [0.2, 0.25) is 0 Å². The molecule has 98 valence electrons. The molecule has 0 heterocycles. The van der Waals surface area contributed by atoms with Crippen LogP contribution in [-0.2, 0) is 0 Å². The Morgan fingerprint density at radius 2 is 2.28 bits per heavy atom. The summed E-state index contributed by atoms with van der Waals surface area (Å²) in [6, 6.07) is 4.71. The highest BCUT2D eigenvalue weighted by Gasteiger charge is 2.10. The summed E-state index contributed by atoms with van der Waals surface area (Å²) < 4.78 is 5.49. The lowest BCUT2D eigenvalue weighted by Gasteiger charge is -2.08. The van der Waals surface area contributed by atoms with Gasteiger partial charge in [-0.05, 0) is 19.8 Å². The molecule has 0 aliphatic heterocycles. The molecule has 5 nitrogen and oxygen atoms in total. The molecule has 0 unspecified atom stereocenters. The number of nitrogens with zero attached hydrogens (tertiary/aromatic N) is 1. The van der Waals surface area contributed by atoms with Gasteiger partial charge in [0.15, 0.2) is 0 Å². The van der Waals surface area contributed by atoms with Gasteiger partial charge in [0.05, 0.1) is 17.6 Å². The summed E-state index contributed by atoms with van der Waals surface area (Å²) >= 11 is 0. The third-order valence-electron chi connectivity index (χ3n) is 2.30. The molecule has 0 atom stereocenters. The highest BCUT2D eigenvalue weighted by Crippen LogP contribution is 2.26. The number of non-ortho nitro benzene ring substituents is 1. The largest absolute Gasteiger partial charge is 0.493 e. The minimum atomic E-state index is -0.419. The zero-order valence-electron chi connectivity index (χ0n) is 10.5. The number of benzene rings is 1. The van der Waals surface area contributed by atoms with Crippen molar-refractivity contribution in [3.05, 3.63) is 41.0 Å². The van der Waals surface area contributed by atoms with Crippen molar-refractivity contribution in [1.82, 2.24) is 0 Å². The standard InChI is InChI=1S/C13H18N2O3/c1-3-5-6-7-18-13-9-11(14-4-2)8-12(10-13)15(16)17/h3,8-10,14H,1,4-7H2,2H3. The fourth-order valence-electron chi connectivity index (χ4n) is 1.50. The molecule has 0 amide bonds. The van der Waals surface area contributed by atoms with Crippen molar-refractivity contribution in [2.75, 3.05) is 18.5 Å². The number of unbranched alkanes of at least 4 members (excludes halogenated alkanes) is 1. The van der Waals surface area contributed by atoms with Crippen LogP contribution in [0.5, 0.6) is 5.75 Å². The van der Waals surface area contributed by atoms with E-state index in [0.717, 1.165) is 12.8 Å². The zero-order chi connectivity index (χ0) is 13.4. The second-order valence-electron chi connectivity index (χ2n) is 3.78. The lowest BCUT2D eigenvalue weighted by Crippen LogP contribution is -2.01. The van der Waals surface area contributed by atoms with Crippen molar-refractivity contribution in [1.29, 1.82) is 0 Å². The predicted octanol–water partition coefficient (Wildman–Crippen LogP) is 3.37. The quantitative estimate of drug-likeness (QED) is 0.332. The van der Waals surface area contributed by atoms with Crippen LogP contribution >= 0.6 is 0 Å². The molecule has 0 radical (unpaired) electrons. The number of nitrogens with one attached hydrogen (secondary N) is 1. The number of hydrogen-bond acceptors (Lipinski definition) is 4. The van der Waals surface area contributed by atoms with E-state index in [1.807, 2.05) is 13.0 Å². The van der Waals surface area contributed by atoms with Crippen molar-refractivity contribution in [2.45, 2.75) is 19.8 Å². The Labute approximate surface area is 107 Å². The number of ether oxygens (including phenoxy) is 1. The lowest BCUT2D eigenvalue weighted by molar-refractivity contribution is -0.384. The minimum absolute atomic E-state index is 0.0344. The second kappa shape index (κ2) is 7.32. The minimum Gasteiger partial charge on any atom is -0.493 e. The topological polar surface area (TPSA) is 64.4 Å². The number of allylic oxidation sites excluding steroid dienone is 1. The molecule has 0 aliphatic rings. The molecule has 1 aromatic rings. The molecule has 0 saturated heterocycles. The van der Waals surface area contributed by atoms with Gasteiger partial charge in [-0.1, -0.05) is 6.08 Å². The van der Waals surface area contributed by atoms with E-state index in [9.17, 15) is 10.1 Å². The molecule has 0 aromatic heterocycles. The molecule has 0 spiro atoms. The molecule has 1 aromatic carbocycles. The molecule has 0 bridgehead atoms. The van der Waals surface area contributed by atoms with E-state index in [4.69, 9.17) is 4.74 Å². The van der Waals surface area contributed by atoms with Crippen LogP contribution in [0.3, 0.4) is 0 Å². The van der Waals surface area contributed by atoms with Crippen molar-refractivity contribution in [3.63, 3.8) is 0 Å². The Morgan fingerprint density at radius 1 is 1.50 bits per heavy atom. The normalized spacial score (nSPS) is 9.83. The molecule has 18 heavy (non-hydrogen) atoms. The first-order chi connectivity index (χ1) is 8.67. The Balaban J connectivity index is 2.75. The first-order valence-electron chi connectivity index (χ1n) is 5.94. The Hall–Kier alpha value is -2.04. The maximum absolute atomic E-state index is 10.8. The fraction of sp³-hybridized carbons (Fsp3) is 0.385. The Kier molecular flexibility index (Phi) is 5.70. The number of hydrogen-bond donors (Lipinski definition) is 1. The predicted molar refractivity (Wildman–Crippen MR) is 72.2 cm³/mol. The lowest BCUT2D eigenvalue weighted by atomic mass is 10.2. The molecule has 0 fully saturated rings. The molecular weight excluding hydrogens is 232 g/mol. The molecule has 0 saturated carbocycles. The van der Waals surface area contributed by atoms with E-state index < -0.39 is 4.92 Å². The van der Waals surface area contributed by atoms with Gasteiger partial charge in [0.1, 0.15) is 5.75 Å². The highest BCUT2D eigenvalue weighted by atomic mass is 16.6. The Bertz CT molecular complexity index is 419.